The molecule has 26 heavy (non-hydrogen) atoms. The van der Waals surface area contributed by atoms with Crippen molar-refractivity contribution in [2.45, 2.75) is 18.6 Å². The number of nitrogens with one attached hydrogen (secondary N) is 1. The molecule has 0 radical (unpaired) electrons. The van der Waals surface area contributed by atoms with E-state index in [1.807, 2.05) is 0 Å². The molecule has 0 aliphatic heterocycles. The molecule has 2 rings (SSSR count). The molecule has 0 spiro atoms. The van der Waals surface area contributed by atoms with E-state index in [0.29, 0.717) is 0 Å². The number of rotatable bonds is 5. The molecule has 0 heterocycles. The van der Waals surface area contributed by atoms with E-state index < -0.39 is 29.7 Å². The Morgan fingerprint density at radius 3 is 2.38 bits per heavy atom. The number of esters is 1. The summed E-state index contributed by atoms with van der Waals surface area (Å²) < 4.78 is 43.9. The number of hydrogen-bond acceptors (Lipinski definition) is 3. The predicted molar refractivity (Wildman–Crippen MR) is 92.6 cm³/mol. The first-order valence-electron chi connectivity index (χ1n) is 7.51. The van der Waals surface area contributed by atoms with Crippen LogP contribution in [-0.4, -0.2) is 25.0 Å². The maximum absolute atomic E-state index is 12.8. The van der Waals surface area contributed by atoms with Crippen LogP contribution >= 0.6 is 15.9 Å². The summed E-state index contributed by atoms with van der Waals surface area (Å²) in [6.07, 6.45) is -4.42. The third-order valence-electron chi connectivity index (χ3n) is 3.60. The minimum atomic E-state index is -4.56. The Kier molecular flexibility index (Phi) is 6.42. The van der Waals surface area contributed by atoms with Gasteiger partial charge >= 0.3 is 12.1 Å². The third-order valence-corrected chi connectivity index (χ3v) is 4.12. The molecule has 0 aliphatic carbocycles. The second-order valence-electron chi connectivity index (χ2n) is 5.46. The number of benzene rings is 2. The van der Waals surface area contributed by atoms with E-state index in [2.05, 4.69) is 26.0 Å². The fraction of sp³-hybridized carbons (Fsp3) is 0.222. The molecule has 0 bridgehead atoms. The van der Waals surface area contributed by atoms with Gasteiger partial charge in [-0.05, 0) is 35.9 Å². The van der Waals surface area contributed by atoms with E-state index in [1.54, 1.807) is 24.3 Å². The fourth-order valence-corrected chi connectivity index (χ4v) is 2.53. The summed E-state index contributed by atoms with van der Waals surface area (Å²) in [4.78, 5) is 24.3. The van der Waals surface area contributed by atoms with Crippen molar-refractivity contribution in [1.29, 1.82) is 0 Å². The van der Waals surface area contributed by atoms with Gasteiger partial charge in [-0.1, -0.05) is 34.1 Å². The SMILES string of the molecule is COC(=O)[C@H](Cc1ccc(Br)cc1)NC(=O)c1cccc(C(F)(F)F)c1. The molecule has 0 aromatic heterocycles. The normalized spacial score (nSPS) is 12.3. The fourth-order valence-electron chi connectivity index (χ4n) is 2.27. The molecular weight excluding hydrogens is 415 g/mol. The molecule has 0 aliphatic rings. The van der Waals surface area contributed by atoms with Crippen molar-refractivity contribution < 1.29 is 27.5 Å². The van der Waals surface area contributed by atoms with Gasteiger partial charge in [0.1, 0.15) is 6.04 Å². The highest BCUT2D eigenvalue weighted by atomic mass is 79.9. The summed E-state index contributed by atoms with van der Waals surface area (Å²) in [7, 11) is 1.17. The summed E-state index contributed by atoms with van der Waals surface area (Å²) in [5.74, 6) is -1.48. The highest BCUT2D eigenvalue weighted by molar-refractivity contribution is 9.10. The van der Waals surface area contributed by atoms with E-state index >= 15 is 0 Å². The summed E-state index contributed by atoms with van der Waals surface area (Å²) in [5, 5.41) is 2.43. The zero-order chi connectivity index (χ0) is 19.3. The number of hydrogen-bond donors (Lipinski definition) is 1. The quantitative estimate of drug-likeness (QED) is 0.731. The Morgan fingerprint density at radius 1 is 1.15 bits per heavy atom. The Morgan fingerprint density at radius 2 is 1.81 bits per heavy atom. The Balaban J connectivity index is 2.18. The molecular formula is C18H15BrF3NO3. The summed E-state index contributed by atoms with van der Waals surface area (Å²) in [5.41, 5.74) is -0.370. The number of carbonyl (C=O) groups excluding carboxylic acids is 2. The second-order valence-corrected chi connectivity index (χ2v) is 6.37. The smallest absolute Gasteiger partial charge is 0.416 e. The van der Waals surface area contributed by atoms with Gasteiger partial charge in [0.15, 0.2) is 0 Å². The molecule has 0 saturated heterocycles. The van der Waals surface area contributed by atoms with Crippen molar-refractivity contribution >= 4 is 27.8 Å². The van der Waals surface area contributed by atoms with Crippen LogP contribution in [0.4, 0.5) is 13.2 Å². The van der Waals surface area contributed by atoms with E-state index in [1.165, 1.54) is 13.2 Å². The minimum Gasteiger partial charge on any atom is -0.467 e. The van der Waals surface area contributed by atoms with E-state index in [9.17, 15) is 22.8 Å². The molecule has 1 atom stereocenters. The van der Waals surface area contributed by atoms with Crippen LogP contribution in [0.15, 0.2) is 53.0 Å². The molecule has 0 saturated carbocycles. The van der Waals surface area contributed by atoms with Gasteiger partial charge in [-0.25, -0.2) is 4.79 Å². The maximum Gasteiger partial charge on any atom is 0.416 e. The summed E-state index contributed by atoms with van der Waals surface area (Å²) in [6, 6.07) is 10.0. The first-order chi connectivity index (χ1) is 12.2. The monoisotopic (exact) mass is 429 g/mol. The lowest BCUT2D eigenvalue weighted by Crippen LogP contribution is -2.43. The van der Waals surface area contributed by atoms with Crippen molar-refractivity contribution in [3.63, 3.8) is 0 Å². The molecule has 2 aromatic carbocycles. The average molecular weight is 430 g/mol. The van der Waals surface area contributed by atoms with Crippen molar-refractivity contribution in [2.24, 2.45) is 0 Å². The highest BCUT2D eigenvalue weighted by Gasteiger charge is 2.31. The van der Waals surface area contributed by atoms with E-state index in [4.69, 9.17) is 0 Å². The van der Waals surface area contributed by atoms with Gasteiger partial charge in [0.05, 0.1) is 12.7 Å². The molecule has 8 heteroatoms. The van der Waals surface area contributed by atoms with E-state index in [0.717, 1.165) is 28.2 Å². The zero-order valence-corrected chi connectivity index (χ0v) is 15.2. The standard InChI is InChI=1S/C18H15BrF3NO3/c1-26-17(25)15(9-11-5-7-14(19)8-6-11)23-16(24)12-3-2-4-13(10-12)18(20,21)22/h2-8,10,15H,9H2,1H3,(H,23,24)/t15-/m0/s1. The number of alkyl halides is 3. The first kappa shape index (κ1) is 20.0. The lowest BCUT2D eigenvalue weighted by atomic mass is 10.0. The minimum absolute atomic E-state index is 0.144. The molecule has 4 nitrogen and oxygen atoms in total. The largest absolute Gasteiger partial charge is 0.467 e. The Bertz CT molecular complexity index is 791. The van der Waals surface area contributed by atoms with Gasteiger partial charge in [-0.3, -0.25) is 4.79 Å². The van der Waals surface area contributed by atoms with Crippen LogP contribution in [0.5, 0.6) is 0 Å². The molecule has 1 N–H and O–H groups in total. The van der Waals surface area contributed by atoms with Crippen LogP contribution in [0.3, 0.4) is 0 Å². The topological polar surface area (TPSA) is 55.4 Å². The number of halogens is 4. The zero-order valence-electron chi connectivity index (χ0n) is 13.6. The summed E-state index contributed by atoms with van der Waals surface area (Å²) in [6.45, 7) is 0. The van der Waals surface area contributed by atoms with Crippen LogP contribution in [0.25, 0.3) is 0 Å². The predicted octanol–water partition coefficient (Wildman–Crippen LogP) is 3.98. The lowest BCUT2D eigenvalue weighted by molar-refractivity contribution is -0.143. The Labute approximate surface area is 156 Å². The molecule has 0 unspecified atom stereocenters. The van der Waals surface area contributed by atoms with Gasteiger partial charge in [-0.2, -0.15) is 13.2 Å². The second kappa shape index (κ2) is 8.35. The first-order valence-corrected chi connectivity index (χ1v) is 8.30. The Hall–Kier alpha value is -2.35. The van der Waals surface area contributed by atoms with Crippen molar-refractivity contribution in [2.75, 3.05) is 7.11 Å². The molecule has 2 aromatic rings. The maximum atomic E-state index is 12.8. The van der Waals surface area contributed by atoms with Gasteiger partial charge in [-0.15, -0.1) is 0 Å². The van der Waals surface area contributed by atoms with Gasteiger partial charge in [0.2, 0.25) is 0 Å². The number of ether oxygens (including phenoxy) is 1. The lowest BCUT2D eigenvalue weighted by Gasteiger charge is -2.17. The van der Waals surface area contributed by atoms with Gasteiger partial charge < -0.3 is 10.1 Å². The van der Waals surface area contributed by atoms with Crippen LogP contribution in [-0.2, 0) is 22.1 Å². The van der Waals surface area contributed by atoms with Crippen LogP contribution < -0.4 is 5.32 Å². The molecule has 1 amide bonds. The van der Waals surface area contributed by atoms with Gasteiger partial charge in [0.25, 0.3) is 5.91 Å². The van der Waals surface area contributed by atoms with Gasteiger partial charge in [0, 0.05) is 16.5 Å². The van der Waals surface area contributed by atoms with Crippen LogP contribution in [0, 0.1) is 0 Å². The van der Waals surface area contributed by atoms with E-state index in [-0.39, 0.29) is 12.0 Å². The van der Waals surface area contributed by atoms with Crippen molar-refractivity contribution in [3.8, 4) is 0 Å². The molecule has 138 valence electrons. The number of carbonyl (C=O) groups is 2. The van der Waals surface area contributed by atoms with Crippen molar-refractivity contribution in [1.82, 2.24) is 5.32 Å². The van der Waals surface area contributed by atoms with Crippen LogP contribution in [0.2, 0.25) is 0 Å². The average Bonchev–Trinajstić information content (AvgIpc) is 2.61. The molecule has 0 fully saturated rings. The van der Waals surface area contributed by atoms with Crippen molar-refractivity contribution in [3.05, 3.63) is 69.7 Å². The third kappa shape index (κ3) is 5.32. The number of amides is 1. The number of methoxy groups -OCH3 is 1. The summed E-state index contributed by atoms with van der Waals surface area (Å²) >= 11 is 3.29. The highest BCUT2D eigenvalue weighted by Crippen LogP contribution is 2.29. The van der Waals surface area contributed by atoms with Crippen LogP contribution in [0.1, 0.15) is 21.5 Å².